The number of pyridine rings is 1. The molecule has 0 saturated carbocycles. The van der Waals surface area contributed by atoms with E-state index in [-0.39, 0.29) is 11.7 Å². The highest BCUT2D eigenvalue weighted by atomic mass is 16.4. The number of anilines is 1. The minimum atomic E-state index is -1.00. The Kier molecular flexibility index (Phi) is 2.83. The summed E-state index contributed by atoms with van der Waals surface area (Å²) >= 11 is 0. The Morgan fingerprint density at radius 3 is 2.89 bits per heavy atom. The Labute approximate surface area is 110 Å². The van der Waals surface area contributed by atoms with Crippen molar-refractivity contribution >= 4 is 22.6 Å². The first-order valence-corrected chi connectivity index (χ1v) is 6.29. The van der Waals surface area contributed by atoms with Gasteiger partial charge in [-0.1, -0.05) is 18.2 Å². The van der Waals surface area contributed by atoms with Gasteiger partial charge in [-0.2, -0.15) is 0 Å². The number of para-hydroxylation sites is 1. The van der Waals surface area contributed by atoms with Crippen LogP contribution in [0, 0.1) is 0 Å². The van der Waals surface area contributed by atoms with Crippen LogP contribution in [0.5, 0.6) is 0 Å². The molecule has 3 rings (SSSR count). The number of fused-ring (bicyclic) bond motifs is 1. The van der Waals surface area contributed by atoms with Gasteiger partial charge in [0.2, 0.25) is 0 Å². The molecule has 5 heteroatoms. The first kappa shape index (κ1) is 11.9. The first-order valence-electron chi connectivity index (χ1n) is 6.29. The van der Waals surface area contributed by atoms with E-state index in [2.05, 4.69) is 9.88 Å². The highest BCUT2D eigenvalue weighted by Gasteiger charge is 2.22. The van der Waals surface area contributed by atoms with Gasteiger partial charge in [0.1, 0.15) is 0 Å². The van der Waals surface area contributed by atoms with E-state index >= 15 is 0 Å². The largest absolute Gasteiger partial charge is 0.477 e. The van der Waals surface area contributed by atoms with Crippen molar-refractivity contribution in [2.24, 2.45) is 5.73 Å². The molecule has 1 fully saturated rings. The molecule has 1 aliphatic heterocycles. The van der Waals surface area contributed by atoms with E-state index in [1.54, 1.807) is 6.07 Å². The van der Waals surface area contributed by atoms with Gasteiger partial charge in [0.15, 0.2) is 5.69 Å². The summed E-state index contributed by atoms with van der Waals surface area (Å²) in [7, 11) is 0. The van der Waals surface area contributed by atoms with Crippen LogP contribution in [-0.4, -0.2) is 35.2 Å². The minimum absolute atomic E-state index is 0.0779. The fourth-order valence-corrected chi connectivity index (χ4v) is 2.53. The molecule has 2 heterocycles. The zero-order chi connectivity index (χ0) is 13.4. The number of aromatic carboxylic acids is 1. The van der Waals surface area contributed by atoms with E-state index in [4.69, 9.17) is 10.8 Å². The van der Waals surface area contributed by atoms with Crippen molar-refractivity contribution in [3.63, 3.8) is 0 Å². The molecule has 5 nitrogen and oxygen atoms in total. The summed E-state index contributed by atoms with van der Waals surface area (Å²) in [6.45, 7) is 1.61. The number of hydrogen-bond donors (Lipinski definition) is 2. The van der Waals surface area contributed by atoms with Crippen LogP contribution < -0.4 is 10.6 Å². The molecule has 1 atom stereocenters. The second kappa shape index (κ2) is 4.51. The average molecular weight is 257 g/mol. The van der Waals surface area contributed by atoms with Gasteiger partial charge in [0.25, 0.3) is 0 Å². The number of benzene rings is 1. The molecule has 1 unspecified atom stereocenters. The highest BCUT2D eigenvalue weighted by molar-refractivity contribution is 5.97. The lowest BCUT2D eigenvalue weighted by Gasteiger charge is -2.20. The molecular weight excluding hydrogens is 242 g/mol. The molecular formula is C14H15N3O2. The van der Waals surface area contributed by atoms with Gasteiger partial charge in [-0.3, -0.25) is 0 Å². The Balaban J connectivity index is 2.17. The summed E-state index contributed by atoms with van der Waals surface area (Å²) in [6, 6.07) is 9.39. The number of carboxylic acid groups (broad SMARTS) is 1. The third-order valence-corrected chi connectivity index (χ3v) is 3.48. The van der Waals surface area contributed by atoms with Gasteiger partial charge in [-0.25, -0.2) is 9.78 Å². The lowest BCUT2D eigenvalue weighted by molar-refractivity contribution is 0.0691. The SMILES string of the molecule is NC1CCN(c2cc(C(=O)O)nc3ccccc23)C1. The van der Waals surface area contributed by atoms with E-state index in [9.17, 15) is 4.79 Å². The second-order valence-electron chi connectivity index (χ2n) is 4.84. The number of nitrogens with two attached hydrogens (primary N) is 1. The molecule has 3 N–H and O–H groups in total. The summed E-state index contributed by atoms with van der Waals surface area (Å²) in [5, 5.41) is 10.1. The Morgan fingerprint density at radius 1 is 1.42 bits per heavy atom. The molecule has 98 valence electrons. The first-order chi connectivity index (χ1) is 9.15. The molecule has 0 radical (unpaired) electrons. The smallest absolute Gasteiger partial charge is 0.354 e. The summed E-state index contributed by atoms with van der Waals surface area (Å²) < 4.78 is 0. The van der Waals surface area contributed by atoms with Crippen LogP contribution in [0.25, 0.3) is 10.9 Å². The molecule has 1 aromatic carbocycles. The fourth-order valence-electron chi connectivity index (χ4n) is 2.53. The maximum absolute atomic E-state index is 11.2. The van der Waals surface area contributed by atoms with Gasteiger partial charge in [-0.05, 0) is 18.6 Å². The average Bonchev–Trinajstić information content (AvgIpc) is 2.84. The number of rotatable bonds is 2. The van der Waals surface area contributed by atoms with E-state index < -0.39 is 5.97 Å². The maximum atomic E-state index is 11.2. The molecule has 0 amide bonds. The van der Waals surface area contributed by atoms with Crippen molar-refractivity contribution in [2.75, 3.05) is 18.0 Å². The van der Waals surface area contributed by atoms with Crippen LogP contribution in [0.1, 0.15) is 16.9 Å². The van der Waals surface area contributed by atoms with Crippen LogP contribution in [0.2, 0.25) is 0 Å². The molecule has 1 aliphatic rings. The third kappa shape index (κ3) is 2.13. The zero-order valence-electron chi connectivity index (χ0n) is 10.4. The number of nitrogens with zero attached hydrogens (tertiary/aromatic N) is 2. The predicted octanol–water partition coefficient (Wildman–Crippen LogP) is 1.47. The standard InChI is InChI=1S/C14H15N3O2/c15-9-5-6-17(8-9)13-7-12(14(18)19)16-11-4-2-1-3-10(11)13/h1-4,7,9H,5-6,8,15H2,(H,18,19). The van der Waals surface area contributed by atoms with E-state index in [1.165, 1.54) is 0 Å². The van der Waals surface area contributed by atoms with Gasteiger partial charge in [0.05, 0.1) is 5.52 Å². The van der Waals surface area contributed by atoms with Crippen LogP contribution in [-0.2, 0) is 0 Å². The van der Waals surface area contributed by atoms with Crippen molar-refractivity contribution in [3.05, 3.63) is 36.0 Å². The number of hydrogen-bond acceptors (Lipinski definition) is 4. The van der Waals surface area contributed by atoms with Gasteiger partial charge in [0, 0.05) is 30.2 Å². The number of carbonyl (C=O) groups is 1. The van der Waals surface area contributed by atoms with Crippen molar-refractivity contribution in [3.8, 4) is 0 Å². The molecule has 2 aromatic rings. The van der Waals surface area contributed by atoms with Crippen molar-refractivity contribution < 1.29 is 9.90 Å². The van der Waals surface area contributed by atoms with Gasteiger partial charge < -0.3 is 15.7 Å². The van der Waals surface area contributed by atoms with Crippen LogP contribution in [0.15, 0.2) is 30.3 Å². The van der Waals surface area contributed by atoms with Crippen molar-refractivity contribution in [1.29, 1.82) is 0 Å². The normalized spacial score (nSPS) is 19.0. The Hall–Kier alpha value is -2.14. The second-order valence-corrected chi connectivity index (χ2v) is 4.84. The monoisotopic (exact) mass is 257 g/mol. The van der Waals surface area contributed by atoms with E-state index in [0.717, 1.165) is 30.6 Å². The predicted molar refractivity (Wildman–Crippen MR) is 73.5 cm³/mol. The van der Waals surface area contributed by atoms with Crippen LogP contribution in [0.4, 0.5) is 5.69 Å². The molecule has 0 spiro atoms. The quantitative estimate of drug-likeness (QED) is 0.851. The lowest BCUT2D eigenvalue weighted by Crippen LogP contribution is -2.26. The maximum Gasteiger partial charge on any atom is 0.354 e. The van der Waals surface area contributed by atoms with E-state index in [1.807, 2.05) is 24.3 Å². The molecule has 0 bridgehead atoms. The minimum Gasteiger partial charge on any atom is -0.477 e. The topological polar surface area (TPSA) is 79.5 Å². The van der Waals surface area contributed by atoms with Gasteiger partial charge >= 0.3 is 5.97 Å². The zero-order valence-corrected chi connectivity index (χ0v) is 10.4. The van der Waals surface area contributed by atoms with Crippen molar-refractivity contribution in [2.45, 2.75) is 12.5 Å². The van der Waals surface area contributed by atoms with Crippen molar-refractivity contribution in [1.82, 2.24) is 4.98 Å². The molecule has 0 aliphatic carbocycles. The summed E-state index contributed by atoms with van der Waals surface area (Å²) in [6.07, 6.45) is 0.930. The van der Waals surface area contributed by atoms with Crippen LogP contribution in [0.3, 0.4) is 0 Å². The number of carboxylic acids is 1. The fraction of sp³-hybridized carbons (Fsp3) is 0.286. The summed E-state index contributed by atoms with van der Waals surface area (Å²) in [5.74, 6) is -1.00. The molecule has 1 saturated heterocycles. The lowest BCUT2D eigenvalue weighted by atomic mass is 10.1. The van der Waals surface area contributed by atoms with E-state index in [0.29, 0.717) is 5.52 Å². The molecule has 19 heavy (non-hydrogen) atoms. The summed E-state index contributed by atoms with van der Waals surface area (Å²) in [5.41, 5.74) is 7.63. The third-order valence-electron chi connectivity index (χ3n) is 3.48. The summed E-state index contributed by atoms with van der Waals surface area (Å²) in [4.78, 5) is 17.5. The molecule has 1 aromatic heterocycles. The number of aromatic nitrogens is 1. The highest BCUT2D eigenvalue weighted by Crippen LogP contribution is 2.29. The van der Waals surface area contributed by atoms with Gasteiger partial charge in [-0.15, -0.1) is 0 Å². The van der Waals surface area contributed by atoms with Crippen LogP contribution >= 0.6 is 0 Å². The Morgan fingerprint density at radius 2 is 2.21 bits per heavy atom. The Bertz CT molecular complexity index is 642.